The SMILES string of the molecule is CCCC(=O)c1cc(OC(=O)c2ccccc2)c(OC(=O)c2ccccc2)cc1OC(=O)c1ccccc1. The number of carbonyl (C=O) groups excluding carboxylic acids is 4. The van der Waals surface area contributed by atoms with Gasteiger partial charge >= 0.3 is 17.9 Å². The van der Waals surface area contributed by atoms with E-state index in [4.69, 9.17) is 14.2 Å². The van der Waals surface area contributed by atoms with Gasteiger partial charge in [0.05, 0.1) is 22.3 Å². The minimum atomic E-state index is -0.726. The number of Topliss-reactive ketones (excluding diaryl/α,β-unsaturated/α-hetero) is 1. The number of esters is 3. The van der Waals surface area contributed by atoms with Gasteiger partial charge in [-0.25, -0.2) is 14.4 Å². The molecule has 0 bridgehead atoms. The zero-order chi connectivity index (χ0) is 26.9. The Bertz CT molecular complexity index is 1450. The number of ketones is 1. The standard InChI is InChI=1S/C31H24O7/c1-2-12-25(32)24-19-27(37-30(34)22-15-8-4-9-16-22)28(38-31(35)23-17-10-5-11-18-23)20-26(24)36-29(33)21-13-6-3-7-14-21/h3-11,13-20H,2,12H2,1H3. The van der Waals surface area contributed by atoms with Crippen LogP contribution in [0.2, 0.25) is 0 Å². The molecule has 38 heavy (non-hydrogen) atoms. The molecule has 0 aromatic heterocycles. The Labute approximate surface area is 219 Å². The molecule has 4 aromatic carbocycles. The van der Waals surface area contributed by atoms with Gasteiger partial charge in [-0.3, -0.25) is 4.79 Å². The van der Waals surface area contributed by atoms with Crippen LogP contribution in [0, 0.1) is 0 Å². The fraction of sp³-hybridized carbons (Fsp3) is 0.0968. The highest BCUT2D eigenvalue weighted by Crippen LogP contribution is 2.37. The van der Waals surface area contributed by atoms with Crippen LogP contribution in [-0.4, -0.2) is 23.7 Å². The van der Waals surface area contributed by atoms with Crippen LogP contribution in [0.25, 0.3) is 0 Å². The number of ether oxygens (including phenoxy) is 3. The van der Waals surface area contributed by atoms with Crippen LogP contribution in [0.5, 0.6) is 17.2 Å². The molecule has 190 valence electrons. The smallest absolute Gasteiger partial charge is 0.343 e. The Morgan fingerprint density at radius 2 is 0.895 bits per heavy atom. The number of rotatable bonds is 9. The average Bonchev–Trinajstić information content (AvgIpc) is 2.95. The van der Waals surface area contributed by atoms with Crippen LogP contribution in [0.3, 0.4) is 0 Å². The van der Waals surface area contributed by atoms with Gasteiger partial charge in [-0.1, -0.05) is 61.5 Å². The minimum absolute atomic E-state index is 0.0199. The first-order valence-corrected chi connectivity index (χ1v) is 12.0. The van der Waals surface area contributed by atoms with Gasteiger partial charge in [0, 0.05) is 12.5 Å². The highest BCUT2D eigenvalue weighted by Gasteiger charge is 2.24. The monoisotopic (exact) mass is 508 g/mol. The summed E-state index contributed by atoms with van der Waals surface area (Å²) in [5.74, 6) is -2.95. The first-order chi connectivity index (χ1) is 18.5. The highest BCUT2D eigenvalue weighted by atomic mass is 16.6. The molecular weight excluding hydrogens is 484 g/mol. The molecule has 0 heterocycles. The normalized spacial score (nSPS) is 10.3. The first-order valence-electron chi connectivity index (χ1n) is 12.0. The molecule has 0 N–H and O–H groups in total. The van der Waals surface area contributed by atoms with Crippen molar-refractivity contribution in [2.75, 3.05) is 0 Å². The fourth-order valence-corrected chi connectivity index (χ4v) is 3.56. The predicted octanol–water partition coefficient (Wildman–Crippen LogP) is 6.33. The molecular formula is C31H24O7. The third-order valence-corrected chi connectivity index (χ3v) is 5.46. The van der Waals surface area contributed by atoms with Crippen molar-refractivity contribution < 1.29 is 33.4 Å². The second-order valence-electron chi connectivity index (χ2n) is 8.23. The van der Waals surface area contributed by atoms with Crippen molar-refractivity contribution >= 4 is 23.7 Å². The predicted molar refractivity (Wildman–Crippen MR) is 140 cm³/mol. The molecule has 0 saturated carbocycles. The molecule has 0 aliphatic rings. The highest BCUT2D eigenvalue weighted by molar-refractivity contribution is 6.02. The number of benzene rings is 4. The van der Waals surface area contributed by atoms with Crippen molar-refractivity contribution in [3.05, 3.63) is 125 Å². The summed E-state index contributed by atoms with van der Waals surface area (Å²) in [5.41, 5.74) is 0.797. The van der Waals surface area contributed by atoms with Crippen LogP contribution >= 0.6 is 0 Å². The molecule has 0 atom stereocenters. The van der Waals surface area contributed by atoms with Gasteiger partial charge in [-0.15, -0.1) is 0 Å². The van der Waals surface area contributed by atoms with Crippen molar-refractivity contribution in [3.8, 4) is 17.2 Å². The van der Waals surface area contributed by atoms with Crippen molar-refractivity contribution in [2.24, 2.45) is 0 Å². The maximum absolute atomic E-state index is 13.0. The Morgan fingerprint density at radius 1 is 0.526 bits per heavy atom. The van der Waals surface area contributed by atoms with Gasteiger partial charge in [0.15, 0.2) is 17.3 Å². The lowest BCUT2D eigenvalue weighted by atomic mass is 10.0. The summed E-state index contributed by atoms with van der Waals surface area (Å²) in [7, 11) is 0. The van der Waals surface area contributed by atoms with Crippen LogP contribution < -0.4 is 14.2 Å². The Balaban J connectivity index is 1.77. The van der Waals surface area contributed by atoms with E-state index in [0.717, 1.165) is 0 Å². The van der Waals surface area contributed by atoms with Crippen molar-refractivity contribution in [1.82, 2.24) is 0 Å². The van der Waals surface area contributed by atoms with E-state index in [1.54, 1.807) is 91.0 Å². The maximum Gasteiger partial charge on any atom is 0.343 e. The van der Waals surface area contributed by atoms with E-state index in [0.29, 0.717) is 6.42 Å². The molecule has 7 nitrogen and oxygen atoms in total. The topological polar surface area (TPSA) is 96.0 Å². The molecule has 0 saturated heterocycles. The molecule has 4 rings (SSSR count). The Kier molecular flexibility index (Phi) is 8.41. The summed E-state index contributed by atoms with van der Waals surface area (Å²) in [6, 6.07) is 27.2. The largest absolute Gasteiger partial charge is 0.422 e. The van der Waals surface area contributed by atoms with Crippen LogP contribution in [0.4, 0.5) is 0 Å². The quantitative estimate of drug-likeness (QED) is 0.148. The van der Waals surface area contributed by atoms with E-state index in [-0.39, 0.29) is 51.7 Å². The molecule has 4 aromatic rings. The fourth-order valence-electron chi connectivity index (χ4n) is 3.56. The van der Waals surface area contributed by atoms with Crippen molar-refractivity contribution in [3.63, 3.8) is 0 Å². The lowest BCUT2D eigenvalue weighted by Gasteiger charge is -2.16. The zero-order valence-corrected chi connectivity index (χ0v) is 20.6. The summed E-state index contributed by atoms with van der Waals surface area (Å²) in [5, 5.41) is 0. The molecule has 0 fully saturated rings. The zero-order valence-electron chi connectivity index (χ0n) is 20.6. The summed E-state index contributed by atoms with van der Waals surface area (Å²) >= 11 is 0. The molecule has 0 amide bonds. The summed E-state index contributed by atoms with van der Waals surface area (Å²) in [6.07, 6.45) is 0.694. The number of hydrogen-bond acceptors (Lipinski definition) is 7. The average molecular weight is 509 g/mol. The third kappa shape index (κ3) is 6.39. The molecule has 7 heteroatoms. The van der Waals surface area contributed by atoms with Gasteiger partial charge in [0.2, 0.25) is 0 Å². The van der Waals surface area contributed by atoms with Crippen LogP contribution in [-0.2, 0) is 0 Å². The van der Waals surface area contributed by atoms with E-state index in [1.165, 1.54) is 12.1 Å². The second kappa shape index (κ2) is 12.3. The van der Waals surface area contributed by atoms with Gasteiger partial charge in [0.25, 0.3) is 0 Å². The Morgan fingerprint density at radius 3 is 1.29 bits per heavy atom. The lowest BCUT2D eigenvalue weighted by Crippen LogP contribution is -2.15. The van der Waals surface area contributed by atoms with E-state index < -0.39 is 17.9 Å². The summed E-state index contributed by atoms with van der Waals surface area (Å²) < 4.78 is 16.7. The Hall–Kier alpha value is -5.04. The molecule has 0 unspecified atom stereocenters. The van der Waals surface area contributed by atoms with Crippen LogP contribution in [0.15, 0.2) is 103 Å². The molecule has 0 aliphatic carbocycles. The first kappa shape index (κ1) is 26.0. The summed E-state index contributed by atoms with van der Waals surface area (Å²) in [6.45, 7) is 1.83. The van der Waals surface area contributed by atoms with E-state index in [9.17, 15) is 19.2 Å². The molecule has 0 spiro atoms. The number of hydrogen-bond donors (Lipinski definition) is 0. The van der Waals surface area contributed by atoms with E-state index in [1.807, 2.05) is 6.92 Å². The van der Waals surface area contributed by atoms with Gasteiger partial charge < -0.3 is 14.2 Å². The second-order valence-corrected chi connectivity index (χ2v) is 8.23. The summed E-state index contributed by atoms with van der Waals surface area (Å²) in [4.78, 5) is 51.5. The molecule has 0 radical (unpaired) electrons. The van der Waals surface area contributed by atoms with Gasteiger partial charge in [-0.2, -0.15) is 0 Å². The van der Waals surface area contributed by atoms with E-state index >= 15 is 0 Å². The maximum atomic E-state index is 13.0. The minimum Gasteiger partial charge on any atom is -0.422 e. The van der Waals surface area contributed by atoms with Crippen molar-refractivity contribution in [2.45, 2.75) is 19.8 Å². The van der Waals surface area contributed by atoms with Gasteiger partial charge in [-0.05, 0) is 48.9 Å². The number of carbonyl (C=O) groups is 4. The molecule has 0 aliphatic heterocycles. The van der Waals surface area contributed by atoms with Gasteiger partial charge in [0.1, 0.15) is 5.75 Å². The van der Waals surface area contributed by atoms with Crippen LogP contribution in [0.1, 0.15) is 61.2 Å². The third-order valence-electron chi connectivity index (χ3n) is 5.46. The van der Waals surface area contributed by atoms with Crippen molar-refractivity contribution in [1.29, 1.82) is 0 Å². The lowest BCUT2D eigenvalue weighted by molar-refractivity contribution is 0.0678. The van der Waals surface area contributed by atoms with E-state index in [2.05, 4.69) is 0 Å².